The number of pyridine rings is 1. The Balaban J connectivity index is 1.91. The maximum atomic E-state index is 13.7. The average Bonchev–Trinajstić information content (AvgIpc) is 2.90. The minimum atomic E-state index is -0.701. The Morgan fingerprint density at radius 3 is 2.66 bits per heavy atom. The first-order valence-corrected chi connectivity index (χ1v) is 12.9. The van der Waals surface area contributed by atoms with Crippen LogP contribution in [0.1, 0.15) is 33.3 Å². The van der Waals surface area contributed by atoms with Crippen LogP contribution in [0.2, 0.25) is 5.02 Å². The fourth-order valence-corrected chi connectivity index (χ4v) is 3.81. The van der Waals surface area contributed by atoms with Crippen molar-refractivity contribution in [3.05, 3.63) is 65.1 Å². The Labute approximate surface area is 242 Å². The molecule has 0 bridgehead atoms. The highest BCUT2D eigenvalue weighted by Gasteiger charge is 2.21. The summed E-state index contributed by atoms with van der Waals surface area (Å²) in [6, 6.07) is 9.44. The second-order valence-corrected chi connectivity index (χ2v) is 10.1. The van der Waals surface area contributed by atoms with Crippen LogP contribution in [0.15, 0.2) is 48.7 Å². The molecule has 9 nitrogen and oxygen atoms in total. The van der Waals surface area contributed by atoms with Gasteiger partial charge in [-0.25, -0.2) is 9.18 Å². The van der Waals surface area contributed by atoms with Crippen LogP contribution in [-0.4, -0.2) is 47.2 Å². The summed E-state index contributed by atoms with van der Waals surface area (Å²) in [7, 11) is 0. The number of anilines is 3. The Bertz CT molecular complexity index is 1570. The number of nitrogens with one attached hydrogen (secondary N) is 2. The van der Waals surface area contributed by atoms with Crippen LogP contribution in [0.3, 0.4) is 0 Å². The van der Waals surface area contributed by atoms with Crippen LogP contribution in [-0.2, 0) is 9.53 Å². The predicted molar refractivity (Wildman–Crippen MR) is 157 cm³/mol. The van der Waals surface area contributed by atoms with Gasteiger partial charge in [0.15, 0.2) is 0 Å². The van der Waals surface area contributed by atoms with Gasteiger partial charge in [0.05, 0.1) is 40.6 Å². The SMILES string of the molecule is C#CCN(CC=CC(=O)Nc1cc2c(Nc3ccc(F)c(Cl)c3)c(C#N)cnc2cc1OCC)C(=O)OC(C)(C)C. The molecule has 0 radical (unpaired) electrons. The van der Waals surface area contributed by atoms with E-state index < -0.39 is 23.4 Å². The fourth-order valence-electron chi connectivity index (χ4n) is 3.63. The number of rotatable bonds is 9. The molecule has 0 atom stereocenters. The normalized spacial score (nSPS) is 11.0. The number of hydrogen-bond donors (Lipinski definition) is 2. The molecule has 3 rings (SSSR count). The molecule has 0 spiro atoms. The molecule has 212 valence electrons. The van der Waals surface area contributed by atoms with Gasteiger partial charge >= 0.3 is 6.09 Å². The van der Waals surface area contributed by atoms with E-state index in [0.29, 0.717) is 40.3 Å². The Kier molecular flexibility index (Phi) is 10.1. The molecule has 2 N–H and O–H groups in total. The first-order valence-electron chi connectivity index (χ1n) is 12.6. The zero-order chi connectivity index (χ0) is 30.2. The number of hydrogen-bond acceptors (Lipinski definition) is 7. The largest absolute Gasteiger partial charge is 0.492 e. The molecule has 0 aliphatic rings. The lowest BCUT2D eigenvalue weighted by atomic mass is 10.1. The minimum Gasteiger partial charge on any atom is -0.492 e. The maximum absolute atomic E-state index is 13.7. The van der Waals surface area contributed by atoms with Crippen molar-refractivity contribution in [1.82, 2.24) is 9.88 Å². The molecule has 2 aromatic carbocycles. The standard InChI is InChI=1S/C30H29ClFN5O4/c1-6-12-37(29(39)41-30(3,4)5)13-8-9-27(38)36-25-15-21-24(16-26(25)40-7-2)34-18-19(17-33)28(21)35-20-10-11-23(32)22(31)14-20/h1,8-11,14-16,18H,7,12-13H2,2-5H3,(H,34,35)(H,36,38). The van der Waals surface area contributed by atoms with Gasteiger partial charge in [0, 0.05) is 36.0 Å². The van der Waals surface area contributed by atoms with E-state index in [0.717, 1.165) is 0 Å². The summed E-state index contributed by atoms with van der Waals surface area (Å²) in [5.41, 5.74) is 1.15. The van der Waals surface area contributed by atoms with Gasteiger partial charge in [-0.1, -0.05) is 23.6 Å². The Hall–Kier alpha value is -4.80. The van der Waals surface area contributed by atoms with Crippen molar-refractivity contribution in [2.75, 3.05) is 30.3 Å². The van der Waals surface area contributed by atoms with Gasteiger partial charge < -0.3 is 20.1 Å². The number of halogens is 2. The second kappa shape index (κ2) is 13.5. The third kappa shape index (κ3) is 8.34. The smallest absolute Gasteiger partial charge is 0.411 e. The molecule has 0 fully saturated rings. The first kappa shape index (κ1) is 30.7. The molecule has 1 aromatic heterocycles. The first-order chi connectivity index (χ1) is 19.4. The second-order valence-electron chi connectivity index (χ2n) is 9.67. The molecule has 0 aliphatic carbocycles. The number of ether oxygens (including phenoxy) is 2. The molecule has 2 amide bonds. The molecule has 41 heavy (non-hydrogen) atoms. The van der Waals surface area contributed by atoms with Gasteiger partial charge in [0.25, 0.3) is 0 Å². The van der Waals surface area contributed by atoms with Gasteiger partial charge in [-0.05, 0) is 52.0 Å². The van der Waals surface area contributed by atoms with E-state index >= 15 is 0 Å². The molecule has 11 heteroatoms. The van der Waals surface area contributed by atoms with Gasteiger partial charge in [0.2, 0.25) is 5.91 Å². The van der Waals surface area contributed by atoms with Crippen LogP contribution in [0.25, 0.3) is 10.9 Å². The number of carbonyl (C=O) groups excluding carboxylic acids is 2. The average molecular weight is 578 g/mol. The van der Waals surface area contributed by atoms with Crippen LogP contribution < -0.4 is 15.4 Å². The molecule has 0 saturated carbocycles. The van der Waals surface area contributed by atoms with E-state index in [1.54, 1.807) is 39.8 Å². The van der Waals surface area contributed by atoms with E-state index in [4.69, 9.17) is 27.5 Å². The molecule has 3 aromatic rings. The van der Waals surface area contributed by atoms with Crippen molar-refractivity contribution in [3.63, 3.8) is 0 Å². The zero-order valence-electron chi connectivity index (χ0n) is 23.0. The number of nitrogens with zero attached hydrogens (tertiary/aromatic N) is 3. The molecular formula is C30H29ClFN5O4. The number of nitriles is 1. The molecule has 1 heterocycles. The molecule has 0 aliphatic heterocycles. The van der Waals surface area contributed by atoms with E-state index in [1.807, 2.05) is 0 Å². The predicted octanol–water partition coefficient (Wildman–Crippen LogP) is 6.41. The quantitative estimate of drug-likeness (QED) is 0.223. The maximum Gasteiger partial charge on any atom is 0.411 e. The summed E-state index contributed by atoms with van der Waals surface area (Å²) in [6.45, 7) is 7.39. The lowest BCUT2D eigenvalue weighted by Gasteiger charge is -2.25. The summed E-state index contributed by atoms with van der Waals surface area (Å²) in [4.78, 5) is 30.9. The molecular weight excluding hydrogens is 549 g/mol. The number of fused-ring (bicyclic) bond motifs is 1. The van der Waals surface area contributed by atoms with Crippen LogP contribution >= 0.6 is 11.6 Å². The van der Waals surface area contributed by atoms with Crippen molar-refractivity contribution in [1.29, 1.82) is 5.26 Å². The van der Waals surface area contributed by atoms with Crippen molar-refractivity contribution in [2.24, 2.45) is 0 Å². The molecule has 0 unspecified atom stereocenters. The topological polar surface area (TPSA) is 117 Å². The highest BCUT2D eigenvalue weighted by Crippen LogP contribution is 2.36. The zero-order valence-corrected chi connectivity index (χ0v) is 23.8. The summed E-state index contributed by atoms with van der Waals surface area (Å²) in [5.74, 6) is 1.68. The third-order valence-corrected chi connectivity index (χ3v) is 5.65. The number of carbonyl (C=O) groups is 2. The lowest BCUT2D eigenvalue weighted by Crippen LogP contribution is -2.37. The van der Waals surface area contributed by atoms with Gasteiger partial charge in [0.1, 0.15) is 23.2 Å². The van der Waals surface area contributed by atoms with E-state index in [2.05, 4.69) is 27.6 Å². The summed E-state index contributed by atoms with van der Waals surface area (Å²) in [6.07, 6.45) is 8.93. The monoisotopic (exact) mass is 577 g/mol. The van der Waals surface area contributed by atoms with Crippen LogP contribution in [0, 0.1) is 29.5 Å². The van der Waals surface area contributed by atoms with Gasteiger partial charge in [-0.15, -0.1) is 6.42 Å². The highest BCUT2D eigenvalue weighted by atomic mass is 35.5. The number of aromatic nitrogens is 1. The van der Waals surface area contributed by atoms with Gasteiger partial charge in [-0.2, -0.15) is 5.26 Å². The summed E-state index contributed by atoms with van der Waals surface area (Å²) >= 11 is 5.93. The van der Waals surface area contributed by atoms with E-state index in [-0.39, 0.29) is 23.7 Å². The Morgan fingerprint density at radius 2 is 2.02 bits per heavy atom. The van der Waals surface area contributed by atoms with Crippen molar-refractivity contribution < 1.29 is 23.5 Å². The number of amides is 2. The van der Waals surface area contributed by atoms with Crippen LogP contribution in [0.5, 0.6) is 5.75 Å². The third-order valence-electron chi connectivity index (χ3n) is 5.37. The summed E-state index contributed by atoms with van der Waals surface area (Å²) in [5, 5.41) is 16.0. The number of terminal acetylenes is 1. The number of benzene rings is 2. The Morgan fingerprint density at radius 1 is 1.27 bits per heavy atom. The van der Waals surface area contributed by atoms with Crippen molar-refractivity contribution in [3.8, 4) is 24.2 Å². The van der Waals surface area contributed by atoms with Crippen molar-refractivity contribution >= 4 is 51.6 Å². The lowest BCUT2D eigenvalue weighted by molar-refractivity contribution is -0.112. The van der Waals surface area contributed by atoms with Crippen molar-refractivity contribution in [2.45, 2.75) is 33.3 Å². The minimum absolute atomic E-state index is 0.00328. The van der Waals surface area contributed by atoms with Crippen LogP contribution in [0.4, 0.5) is 26.2 Å². The van der Waals surface area contributed by atoms with Gasteiger partial charge in [-0.3, -0.25) is 14.7 Å². The summed E-state index contributed by atoms with van der Waals surface area (Å²) < 4.78 is 24.8. The highest BCUT2D eigenvalue weighted by molar-refractivity contribution is 6.31. The fraction of sp³-hybridized carbons (Fsp3) is 0.267. The van der Waals surface area contributed by atoms with E-state index in [9.17, 15) is 19.2 Å². The molecule has 0 saturated heterocycles. The van der Waals surface area contributed by atoms with E-state index in [1.165, 1.54) is 41.4 Å².